The Morgan fingerprint density at radius 1 is 1.12 bits per heavy atom. The Labute approximate surface area is 148 Å². The second-order valence-electron chi connectivity index (χ2n) is 6.76. The van der Waals surface area contributed by atoms with Gasteiger partial charge in [-0.25, -0.2) is 13.1 Å². The van der Waals surface area contributed by atoms with Gasteiger partial charge in [-0.2, -0.15) is 0 Å². The number of benzene rings is 2. The van der Waals surface area contributed by atoms with Crippen molar-refractivity contribution in [2.45, 2.75) is 37.2 Å². The van der Waals surface area contributed by atoms with E-state index in [0.717, 1.165) is 22.3 Å². The molecule has 6 heteroatoms. The lowest BCUT2D eigenvalue weighted by atomic mass is 10.0. The standard InChI is InChI=1S/C19H23NO4S/c1-13-8-17(9-14(2)18(13)24-3)25(22,23)20-12-19(21)10-15-6-4-5-7-16(15)11-19/h4-9,20-21H,10-12H2,1-3H3. The zero-order valence-electron chi connectivity index (χ0n) is 14.7. The molecule has 25 heavy (non-hydrogen) atoms. The minimum absolute atomic E-state index is 0.0197. The Morgan fingerprint density at radius 3 is 2.12 bits per heavy atom. The van der Waals surface area contributed by atoms with Crippen LogP contribution in [0, 0.1) is 13.8 Å². The maximum absolute atomic E-state index is 12.6. The van der Waals surface area contributed by atoms with Crippen molar-refractivity contribution in [1.82, 2.24) is 4.72 Å². The Morgan fingerprint density at radius 2 is 1.64 bits per heavy atom. The van der Waals surface area contributed by atoms with Crippen molar-refractivity contribution in [3.63, 3.8) is 0 Å². The first-order valence-electron chi connectivity index (χ1n) is 8.18. The Balaban J connectivity index is 1.77. The number of ether oxygens (including phenoxy) is 1. The van der Waals surface area contributed by atoms with Gasteiger partial charge in [0.25, 0.3) is 0 Å². The summed E-state index contributed by atoms with van der Waals surface area (Å²) < 4.78 is 33.1. The Bertz CT molecular complexity index is 857. The fourth-order valence-electron chi connectivity index (χ4n) is 3.50. The van der Waals surface area contributed by atoms with Crippen molar-refractivity contribution in [2.75, 3.05) is 13.7 Å². The third-order valence-electron chi connectivity index (χ3n) is 4.70. The van der Waals surface area contributed by atoms with Crippen molar-refractivity contribution >= 4 is 10.0 Å². The second-order valence-corrected chi connectivity index (χ2v) is 8.53. The summed E-state index contributed by atoms with van der Waals surface area (Å²) in [5.41, 5.74) is 2.57. The fraction of sp³-hybridized carbons (Fsp3) is 0.368. The zero-order valence-corrected chi connectivity index (χ0v) is 15.5. The Kier molecular flexibility index (Phi) is 4.62. The third kappa shape index (κ3) is 3.56. The molecule has 2 aromatic rings. The van der Waals surface area contributed by atoms with E-state index in [1.807, 2.05) is 38.1 Å². The van der Waals surface area contributed by atoms with Gasteiger partial charge in [0, 0.05) is 19.4 Å². The predicted octanol–water partition coefficient (Wildman–Crippen LogP) is 2.12. The van der Waals surface area contributed by atoms with Gasteiger partial charge in [0.05, 0.1) is 17.6 Å². The lowest BCUT2D eigenvalue weighted by molar-refractivity contribution is 0.0567. The van der Waals surface area contributed by atoms with E-state index in [1.54, 1.807) is 19.2 Å². The SMILES string of the molecule is COc1c(C)cc(S(=O)(=O)NCC2(O)Cc3ccccc3C2)cc1C. The minimum atomic E-state index is -3.71. The molecule has 1 aliphatic rings. The fourth-order valence-corrected chi connectivity index (χ4v) is 4.79. The molecule has 0 bridgehead atoms. The molecular formula is C19H23NO4S. The number of methoxy groups -OCH3 is 1. The van der Waals surface area contributed by atoms with Crippen LogP contribution >= 0.6 is 0 Å². The van der Waals surface area contributed by atoms with Gasteiger partial charge in [-0.3, -0.25) is 0 Å². The van der Waals surface area contributed by atoms with Crippen molar-refractivity contribution in [3.05, 3.63) is 58.7 Å². The monoisotopic (exact) mass is 361 g/mol. The van der Waals surface area contributed by atoms with Crippen LogP contribution in [0.4, 0.5) is 0 Å². The molecule has 0 unspecified atom stereocenters. The number of hydrogen-bond acceptors (Lipinski definition) is 4. The number of fused-ring (bicyclic) bond motifs is 1. The Hall–Kier alpha value is -1.89. The first-order valence-corrected chi connectivity index (χ1v) is 9.66. The summed E-state index contributed by atoms with van der Waals surface area (Å²) in [5.74, 6) is 0.684. The van der Waals surface area contributed by atoms with Gasteiger partial charge in [-0.1, -0.05) is 24.3 Å². The molecule has 0 aromatic heterocycles. The topological polar surface area (TPSA) is 75.6 Å². The van der Waals surface area contributed by atoms with Crippen molar-refractivity contribution in [3.8, 4) is 5.75 Å². The van der Waals surface area contributed by atoms with E-state index in [0.29, 0.717) is 18.6 Å². The molecule has 0 radical (unpaired) electrons. The maximum Gasteiger partial charge on any atom is 0.240 e. The normalized spacial score (nSPS) is 15.8. The first-order chi connectivity index (χ1) is 11.7. The average molecular weight is 361 g/mol. The molecule has 0 saturated heterocycles. The third-order valence-corrected chi connectivity index (χ3v) is 6.08. The quantitative estimate of drug-likeness (QED) is 0.855. The van der Waals surface area contributed by atoms with Gasteiger partial charge in [0.15, 0.2) is 0 Å². The van der Waals surface area contributed by atoms with E-state index in [1.165, 1.54) is 0 Å². The van der Waals surface area contributed by atoms with Crippen LogP contribution in [0.15, 0.2) is 41.3 Å². The molecule has 2 aromatic carbocycles. The molecule has 0 amide bonds. The van der Waals surface area contributed by atoms with Gasteiger partial charge < -0.3 is 9.84 Å². The highest BCUT2D eigenvalue weighted by Crippen LogP contribution is 2.30. The van der Waals surface area contributed by atoms with Crippen molar-refractivity contribution in [1.29, 1.82) is 0 Å². The lowest BCUT2D eigenvalue weighted by Gasteiger charge is -2.23. The molecule has 0 saturated carbocycles. The minimum Gasteiger partial charge on any atom is -0.496 e. The molecule has 0 atom stereocenters. The summed E-state index contributed by atoms with van der Waals surface area (Å²) in [7, 11) is -2.14. The van der Waals surface area contributed by atoms with E-state index in [-0.39, 0.29) is 11.4 Å². The molecule has 1 aliphatic carbocycles. The zero-order chi connectivity index (χ0) is 18.2. The van der Waals surface area contributed by atoms with Crippen LogP contribution in [-0.4, -0.2) is 32.8 Å². The van der Waals surface area contributed by atoms with Crippen molar-refractivity contribution in [2.24, 2.45) is 0 Å². The van der Waals surface area contributed by atoms with Crippen LogP contribution in [0.2, 0.25) is 0 Å². The molecule has 5 nitrogen and oxygen atoms in total. The summed E-state index contributed by atoms with van der Waals surface area (Å²) in [6, 6.07) is 11.0. The van der Waals surface area contributed by atoms with Crippen LogP contribution in [0.25, 0.3) is 0 Å². The predicted molar refractivity (Wildman–Crippen MR) is 96.5 cm³/mol. The number of aryl methyl sites for hydroxylation is 2. The van der Waals surface area contributed by atoms with Gasteiger partial charge >= 0.3 is 0 Å². The molecule has 0 aliphatic heterocycles. The summed E-state index contributed by atoms with van der Waals surface area (Å²) in [6.07, 6.45) is 0.902. The van der Waals surface area contributed by atoms with Gasteiger partial charge in [0.1, 0.15) is 5.75 Å². The molecule has 3 rings (SSSR count). The lowest BCUT2D eigenvalue weighted by Crippen LogP contribution is -2.43. The van der Waals surface area contributed by atoms with Gasteiger partial charge in [-0.15, -0.1) is 0 Å². The second kappa shape index (κ2) is 6.44. The van der Waals surface area contributed by atoms with Crippen LogP contribution in [0.5, 0.6) is 5.75 Å². The number of nitrogens with one attached hydrogen (secondary N) is 1. The molecule has 0 heterocycles. The van der Waals surface area contributed by atoms with Crippen LogP contribution in [-0.2, 0) is 22.9 Å². The molecule has 2 N–H and O–H groups in total. The first kappa shape index (κ1) is 17.9. The number of hydrogen-bond donors (Lipinski definition) is 2. The molecule has 0 fully saturated rings. The summed E-state index contributed by atoms with van der Waals surface area (Å²) in [4.78, 5) is 0.183. The highest BCUT2D eigenvalue weighted by atomic mass is 32.2. The number of sulfonamides is 1. The highest BCUT2D eigenvalue weighted by molar-refractivity contribution is 7.89. The smallest absolute Gasteiger partial charge is 0.240 e. The average Bonchev–Trinajstić information content (AvgIpc) is 2.89. The number of rotatable bonds is 5. The van der Waals surface area contributed by atoms with Crippen LogP contribution in [0.3, 0.4) is 0 Å². The van der Waals surface area contributed by atoms with Crippen molar-refractivity contribution < 1.29 is 18.3 Å². The van der Waals surface area contributed by atoms with E-state index in [9.17, 15) is 13.5 Å². The molecular weight excluding hydrogens is 338 g/mol. The van der Waals surface area contributed by atoms with Gasteiger partial charge in [-0.05, 0) is 48.2 Å². The van der Waals surface area contributed by atoms with E-state index in [2.05, 4.69) is 4.72 Å². The van der Waals surface area contributed by atoms with E-state index >= 15 is 0 Å². The van der Waals surface area contributed by atoms with Crippen LogP contribution in [0.1, 0.15) is 22.3 Å². The highest BCUT2D eigenvalue weighted by Gasteiger charge is 2.36. The molecule has 0 spiro atoms. The maximum atomic E-state index is 12.6. The summed E-state index contributed by atoms with van der Waals surface area (Å²) in [6.45, 7) is 3.60. The van der Waals surface area contributed by atoms with Gasteiger partial charge in [0.2, 0.25) is 10.0 Å². The largest absolute Gasteiger partial charge is 0.496 e. The summed E-state index contributed by atoms with van der Waals surface area (Å²) in [5, 5.41) is 10.8. The number of aliphatic hydroxyl groups is 1. The van der Waals surface area contributed by atoms with E-state index in [4.69, 9.17) is 4.74 Å². The summed E-state index contributed by atoms with van der Waals surface area (Å²) >= 11 is 0. The molecule has 134 valence electrons. The van der Waals surface area contributed by atoms with Crippen LogP contribution < -0.4 is 9.46 Å². The van der Waals surface area contributed by atoms with E-state index < -0.39 is 15.6 Å².